The molecule has 0 aliphatic carbocycles. The first-order valence-corrected chi connectivity index (χ1v) is 6.93. The Balaban J connectivity index is 1.80. The number of benzene rings is 1. The second kappa shape index (κ2) is 3.72. The topological polar surface area (TPSA) is 32.7 Å². The van der Waals surface area contributed by atoms with Crippen molar-refractivity contribution in [1.82, 2.24) is 4.90 Å². The summed E-state index contributed by atoms with van der Waals surface area (Å²) in [7, 11) is 0. The molecule has 3 heteroatoms. The molecule has 96 valence electrons. The molecule has 0 saturated carbocycles. The summed E-state index contributed by atoms with van der Waals surface area (Å²) in [6.07, 6.45) is 3.44. The zero-order valence-corrected chi connectivity index (χ0v) is 10.5. The average molecular weight is 245 g/mol. The molecule has 4 rings (SSSR count). The van der Waals surface area contributed by atoms with E-state index in [2.05, 4.69) is 23.1 Å². The molecule has 3 nitrogen and oxygen atoms in total. The Morgan fingerprint density at radius 2 is 2.28 bits per heavy atom. The number of aliphatic hydroxyl groups excluding tert-OH is 1. The normalized spacial score (nSPS) is 37.8. The molecule has 2 fully saturated rings. The monoisotopic (exact) mass is 245 g/mol. The fourth-order valence-corrected chi connectivity index (χ4v) is 4.33. The zero-order valence-electron chi connectivity index (χ0n) is 10.5. The highest BCUT2D eigenvalue weighted by molar-refractivity contribution is 5.40. The molecule has 3 unspecified atom stereocenters. The number of nitrogens with zero attached hydrogens (tertiary/aromatic N) is 1. The van der Waals surface area contributed by atoms with Crippen molar-refractivity contribution < 1.29 is 9.84 Å². The Morgan fingerprint density at radius 3 is 3.17 bits per heavy atom. The molecule has 3 atom stereocenters. The molecule has 0 aromatic heterocycles. The maximum Gasteiger partial charge on any atom is 0.124 e. The Hall–Kier alpha value is -1.06. The lowest BCUT2D eigenvalue weighted by Gasteiger charge is -2.36. The van der Waals surface area contributed by atoms with Gasteiger partial charge in [0.15, 0.2) is 0 Å². The summed E-state index contributed by atoms with van der Waals surface area (Å²) >= 11 is 0. The van der Waals surface area contributed by atoms with Gasteiger partial charge >= 0.3 is 0 Å². The van der Waals surface area contributed by atoms with Gasteiger partial charge in [-0.1, -0.05) is 18.2 Å². The summed E-state index contributed by atoms with van der Waals surface area (Å²) in [4.78, 5) is 2.55. The van der Waals surface area contributed by atoms with Crippen LogP contribution in [0.25, 0.3) is 0 Å². The second-order valence-corrected chi connectivity index (χ2v) is 5.94. The maximum atomic E-state index is 9.84. The number of hydrogen-bond acceptors (Lipinski definition) is 3. The van der Waals surface area contributed by atoms with Crippen LogP contribution in [0.2, 0.25) is 0 Å². The van der Waals surface area contributed by atoms with Crippen LogP contribution in [-0.2, 0) is 0 Å². The molecule has 0 amide bonds. The third-order valence-corrected chi connectivity index (χ3v) is 5.06. The van der Waals surface area contributed by atoms with Crippen molar-refractivity contribution in [3.8, 4) is 5.75 Å². The fourth-order valence-electron chi connectivity index (χ4n) is 4.33. The van der Waals surface area contributed by atoms with E-state index >= 15 is 0 Å². The van der Waals surface area contributed by atoms with E-state index in [9.17, 15) is 5.11 Å². The Labute approximate surface area is 107 Å². The summed E-state index contributed by atoms with van der Waals surface area (Å²) in [6.45, 7) is 2.22. The molecule has 3 aliphatic heterocycles. The van der Waals surface area contributed by atoms with Crippen LogP contribution < -0.4 is 4.74 Å². The third-order valence-electron chi connectivity index (χ3n) is 5.06. The second-order valence-electron chi connectivity index (χ2n) is 5.94. The van der Waals surface area contributed by atoms with Crippen molar-refractivity contribution >= 4 is 0 Å². The van der Waals surface area contributed by atoms with Crippen LogP contribution in [0.15, 0.2) is 24.3 Å². The van der Waals surface area contributed by atoms with E-state index in [1.54, 1.807) is 0 Å². The van der Waals surface area contributed by atoms with Gasteiger partial charge in [-0.3, -0.25) is 4.90 Å². The average Bonchev–Trinajstić information content (AvgIpc) is 2.94. The summed E-state index contributed by atoms with van der Waals surface area (Å²) in [5.41, 5.74) is 1.36. The van der Waals surface area contributed by atoms with Crippen molar-refractivity contribution in [3.63, 3.8) is 0 Å². The number of ether oxygens (including phenoxy) is 1. The molecular weight excluding hydrogens is 226 g/mol. The summed E-state index contributed by atoms with van der Waals surface area (Å²) in [5, 5.41) is 9.84. The smallest absolute Gasteiger partial charge is 0.124 e. The number of aliphatic hydroxyl groups is 1. The molecule has 0 spiro atoms. The first-order valence-electron chi connectivity index (χ1n) is 6.93. The predicted octanol–water partition coefficient (Wildman–Crippen LogP) is 1.97. The van der Waals surface area contributed by atoms with Crippen LogP contribution in [-0.4, -0.2) is 35.3 Å². The van der Waals surface area contributed by atoms with Gasteiger partial charge in [0.05, 0.1) is 13.2 Å². The molecule has 3 heterocycles. The van der Waals surface area contributed by atoms with Crippen LogP contribution >= 0.6 is 0 Å². The Kier molecular flexibility index (Phi) is 2.24. The quantitative estimate of drug-likeness (QED) is 0.821. The highest BCUT2D eigenvalue weighted by Gasteiger charge is 2.55. The zero-order chi connectivity index (χ0) is 12.2. The first kappa shape index (κ1) is 10.8. The first-order chi connectivity index (χ1) is 8.84. The van der Waals surface area contributed by atoms with Gasteiger partial charge in [0.2, 0.25) is 0 Å². The van der Waals surface area contributed by atoms with Crippen molar-refractivity contribution in [2.45, 2.75) is 30.8 Å². The minimum Gasteiger partial charge on any atom is -0.493 e. The number of hydrogen-bond donors (Lipinski definition) is 1. The van der Waals surface area contributed by atoms with Gasteiger partial charge in [0.1, 0.15) is 5.75 Å². The Bertz CT molecular complexity index is 475. The standard InChI is InChI=1S/C15H19NO2/c17-10-15-6-3-7-16(15)14-11(8-15)9-18-13-5-2-1-4-12(13)14/h1-2,4-5,11,14,17H,3,6-10H2. The number of rotatable bonds is 1. The molecule has 1 aromatic carbocycles. The van der Waals surface area contributed by atoms with Gasteiger partial charge in [-0.2, -0.15) is 0 Å². The van der Waals surface area contributed by atoms with Gasteiger partial charge in [-0.15, -0.1) is 0 Å². The lowest BCUT2D eigenvalue weighted by atomic mass is 9.86. The van der Waals surface area contributed by atoms with E-state index in [0.29, 0.717) is 18.6 Å². The van der Waals surface area contributed by atoms with E-state index in [4.69, 9.17) is 4.74 Å². The van der Waals surface area contributed by atoms with Gasteiger partial charge in [-0.25, -0.2) is 0 Å². The van der Waals surface area contributed by atoms with E-state index < -0.39 is 0 Å². The predicted molar refractivity (Wildman–Crippen MR) is 68.5 cm³/mol. The van der Waals surface area contributed by atoms with Gasteiger partial charge in [0, 0.05) is 23.1 Å². The number of fused-ring (bicyclic) bond motifs is 5. The van der Waals surface area contributed by atoms with Gasteiger partial charge in [-0.05, 0) is 31.9 Å². The molecular formula is C15H19NO2. The molecule has 1 N–H and O–H groups in total. The van der Waals surface area contributed by atoms with Crippen molar-refractivity contribution in [1.29, 1.82) is 0 Å². The SMILES string of the molecule is OCC12CCCN1C1c3ccccc3OCC1C2. The van der Waals surface area contributed by atoms with Crippen molar-refractivity contribution in [2.75, 3.05) is 19.8 Å². The lowest BCUT2D eigenvalue weighted by molar-refractivity contribution is 0.0720. The number of para-hydroxylation sites is 1. The van der Waals surface area contributed by atoms with Crippen LogP contribution in [0, 0.1) is 5.92 Å². The van der Waals surface area contributed by atoms with Crippen LogP contribution in [0.4, 0.5) is 0 Å². The van der Waals surface area contributed by atoms with E-state index in [0.717, 1.165) is 31.7 Å². The van der Waals surface area contributed by atoms with Crippen LogP contribution in [0.3, 0.4) is 0 Å². The van der Waals surface area contributed by atoms with Crippen LogP contribution in [0.5, 0.6) is 5.75 Å². The van der Waals surface area contributed by atoms with Crippen molar-refractivity contribution in [3.05, 3.63) is 29.8 Å². The summed E-state index contributed by atoms with van der Waals surface area (Å²) < 4.78 is 5.88. The van der Waals surface area contributed by atoms with E-state index in [1.165, 1.54) is 12.0 Å². The molecule has 0 radical (unpaired) electrons. The fraction of sp³-hybridized carbons (Fsp3) is 0.600. The van der Waals surface area contributed by atoms with Crippen molar-refractivity contribution in [2.24, 2.45) is 5.92 Å². The van der Waals surface area contributed by atoms with Gasteiger partial charge < -0.3 is 9.84 Å². The summed E-state index contributed by atoms with van der Waals surface area (Å²) in [5.74, 6) is 1.59. The van der Waals surface area contributed by atoms with E-state index in [1.807, 2.05) is 6.07 Å². The molecule has 0 bridgehead atoms. The third kappa shape index (κ3) is 1.26. The molecule has 18 heavy (non-hydrogen) atoms. The van der Waals surface area contributed by atoms with Gasteiger partial charge in [0.25, 0.3) is 0 Å². The largest absolute Gasteiger partial charge is 0.493 e. The summed E-state index contributed by atoms with van der Waals surface area (Å²) in [6, 6.07) is 8.86. The molecule has 1 aromatic rings. The minimum absolute atomic E-state index is 0.0378. The lowest BCUT2D eigenvalue weighted by Crippen LogP contribution is -2.42. The Morgan fingerprint density at radius 1 is 1.39 bits per heavy atom. The highest BCUT2D eigenvalue weighted by Crippen LogP contribution is 2.54. The minimum atomic E-state index is 0.0378. The molecule has 2 saturated heterocycles. The van der Waals surface area contributed by atoms with E-state index in [-0.39, 0.29) is 5.54 Å². The maximum absolute atomic E-state index is 9.84. The highest BCUT2D eigenvalue weighted by atomic mass is 16.5. The molecule has 3 aliphatic rings. The van der Waals surface area contributed by atoms with Crippen LogP contribution in [0.1, 0.15) is 30.9 Å².